The van der Waals surface area contributed by atoms with Crippen LogP contribution in [0.15, 0.2) is 30.3 Å². The van der Waals surface area contributed by atoms with E-state index >= 15 is 0 Å². The van der Waals surface area contributed by atoms with Crippen molar-refractivity contribution < 1.29 is 19.1 Å². The van der Waals surface area contributed by atoms with Crippen LogP contribution in [0.2, 0.25) is 5.02 Å². The predicted molar refractivity (Wildman–Crippen MR) is 119 cm³/mol. The Hall–Kier alpha value is -3.13. The molecule has 0 aliphatic carbocycles. The number of imide groups is 1. The molecule has 0 bridgehead atoms. The number of aromatic nitrogens is 2. The van der Waals surface area contributed by atoms with E-state index in [-0.39, 0.29) is 0 Å². The highest BCUT2D eigenvalue weighted by atomic mass is 35.5. The Morgan fingerprint density at radius 1 is 1.19 bits per heavy atom. The number of aryl methyl sites for hydroxylation is 1. The quantitative estimate of drug-likeness (QED) is 0.523. The number of hydrogen-bond acceptors (Lipinski definition) is 5. The lowest BCUT2D eigenvalue weighted by molar-refractivity contribution is -0.143. The highest BCUT2D eigenvalue weighted by Gasteiger charge is 2.16. The van der Waals surface area contributed by atoms with Crippen molar-refractivity contribution in [2.45, 2.75) is 46.7 Å². The van der Waals surface area contributed by atoms with E-state index in [2.05, 4.69) is 15.7 Å². The van der Waals surface area contributed by atoms with Crippen molar-refractivity contribution >= 4 is 35.6 Å². The Morgan fingerprint density at radius 2 is 1.87 bits per heavy atom. The summed E-state index contributed by atoms with van der Waals surface area (Å²) in [5.74, 6) is -1.42. The van der Waals surface area contributed by atoms with E-state index in [0.29, 0.717) is 11.6 Å². The minimum Gasteiger partial charge on any atom is -0.452 e. The Balaban J connectivity index is 1.94. The van der Waals surface area contributed by atoms with Crippen molar-refractivity contribution in [1.29, 1.82) is 0 Å². The molecule has 1 aromatic carbocycles. The van der Waals surface area contributed by atoms with Gasteiger partial charge < -0.3 is 10.1 Å². The zero-order valence-electron chi connectivity index (χ0n) is 18.3. The van der Waals surface area contributed by atoms with E-state index in [4.69, 9.17) is 16.3 Å². The molecule has 2 rings (SSSR count). The molecule has 0 unspecified atom stereocenters. The number of esters is 1. The third-order valence-electron chi connectivity index (χ3n) is 4.19. The first-order valence-electron chi connectivity index (χ1n) is 9.70. The summed E-state index contributed by atoms with van der Waals surface area (Å²) >= 11 is 6.23. The van der Waals surface area contributed by atoms with Crippen LogP contribution in [-0.2, 0) is 20.9 Å². The molecular weight excluding hydrogens is 420 g/mol. The molecule has 166 valence electrons. The number of amides is 3. The van der Waals surface area contributed by atoms with Gasteiger partial charge in [0.15, 0.2) is 6.61 Å². The van der Waals surface area contributed by atoms with Gasteiger partial charge in [-0.2, -0.15) is 5.10 Å². The molecule has 2 N–H and O–H groups in total. The van der Waals surface area contributed by atoms with Crippen molar-refractivity contribution in [1.82, 2.24) is 20.4 Å². The van der Waals surface area contributed by atoms with E-state index < -0.39 is 30.1 Å². The summed E-state index contributed by atoms with van der Waals surface area (Å²) in [5, 5.41) is 9.84. The number of benzene rings is 1. The van der Waals surface area contributed by atoms with Crippen molar-refractivity contribution in [3.8, 4) is 0 Å². The van der Waals surface area contributed by atoms with Gasteiger partial charge in [0, 0.05) is 27.9 Å². The first kappa shape index (κ1) is 24.1. The van der Waals surface area contributed by atoms with Gasteiger partial charge in [0.05, 0.1) is 12.2 Å². The van der Waals surface area contributed by atoms with Gasteiger partial charge in [-0.25, -0.2) is 9.59 Å². The molecule has 0 spiro atoms. The first-order chi connectivity index (χ1) is 14.5. The van der Waals surface area contributed by atoms with Crippen LogP contribution in [0.5, 0.6) is 0 Å². The standard InChI is InChI=1S/C22H27ClN4O4/c1-14-17(15(2)27(26-14)12-16-8-6-7-9-18(16)23)10-11-20(29)31-13-19(28)24-21(30)25-22(3,4)5/h6-11H,12-13H2,1-5H3,(H2,24,25,28,30). The fourth-order valence-electron chi connectivity index (χ4n) is 2.76. The summed E-state index contributed by atoms with van der Waals surface area (Å²) in [6.07, 6.45) is 2.81. The molecule has 0 radical (unpaired) electrons. The van der Waals surface area contributed by atoms with E-state index in [1.54, 1.807) is 26.8 Å². The molecule has 8 nitrogen and oxygen atoms in total. The Morgan fingerprint density at radius 3 is 2.52 bits per heavy atom. The maximum absolute atomic E-state index is 12.0. The van der Waals surface area contributed by atoms with E-state index in [9.17, 15) is 14.4 Å². The molecule has 1 aromatic heterocycles. The average Bonchev–Trinajstić information content (AvgIpc) is 2.91. The van der Waals surface area contributed by atoms with Crippen LogP contribution in [0.25, 0.3) is 6.08 Å². The van der Waals surface area contributed by atoms with Crippen molar-refractivity contribution in [3.63, 3.8) is 0 Å². The van der Waals surface area contributed by atoms with Crippen molar-refractivity contribution in [2.24, 2.45) is 0 Å². The predicted octanol–water partition coefficient (Wildman–Crippen LogP) is 3.38. The van der Waals surface area contributed by atoms with Crippen LogP contribution in [0.1, 0.15) is 43.3 Å². The number of carbonyl (C=O) groups excluding carboxylic acids is 3. The van der Waals surface area contributed by atoms with Gasteiger partial charge in [-0.05, 0) is 52.3 Å². The molecule has 1 heterocycles. The van der Waals surface area contributed by atoms with Crippen LogP contribution in [0, 0.1) is 13.8 Å². The molecular formula is C22H27ClN4O4. The molecule has 0 aliphatic rings. The SMILES string of the molecule is Cc1nn(Cc2ccccc2Cl)c(C)c1C=CC(=O)OCC(=O)NC(=O)NC(C)(C)C. The summed E-state index contributed by atoms with van der Waals surface area (Å²) in [6, 6.07) is 6.87. The van der Waals surface area contributed by atoms with E-state index in [0.717, 1.165) is 22.5 Å². The van der Waals surface area contributed by atoms with E-state index in [1.807, 2.05) is 42.8 Å². The maximum Gasteiger partial charge on any atom is 0.331 e. The number of halogens is 1. The third kappa shape index (κ3) is 7.57. The van der Waals surface area contributed by atoms with Gasteiger partial charge in [-0.1, -0.05) is 29.8 Å². The fraction of sp³-hybridized carbons (Fsp3) is 0.364. The lowest BCUT2D eigenvalue weighted by Gasteiger charge is -2.20. The zero-order valence-corrected chi connectivity index (χ0v) is 19.0. The lowest BCUT2D eigenvalue weighted by Crippen LogP contribution is -2.49. The zero-order chi connectivity index (χ0) is 23.2. The van der Waals surface area contributed by atoms with Gasteiger partial charge in [0.25, 0.3) is 5.91 Å². The molecule has 0 atom stereocenters. The summed E-state index contributed by atoms with van der Waals surface area (Å²) in [5.41, 5.74) is 2.82. The molecule has 0 fully saturated rings. The van der Waals surface area contributed by atoms with Crippen LogP contribution >= 0.6 is 11.6 Å². The largest absolute Gasteiger partial charge is 0.452 e. The maximum atomic E-state index is 12.0. The first-order valence-corrected chi connectivity index (χ1v) is 10.1. The average molecular weight is 447 g/mol. The molecule has 3 amide bonds. The molecule has 31 heavy (non-hydrogen) atoms. The summed E-state index contributed by atoms with van der Waals surface area (Å²) < 4.78 is 6.70. The Kier molecular flexibility index (Phi) is 7.99. The van der Waals surface area contributed by atoms with Gasteiger partial charge in [0.1, 0.15) is 0 Å². The molecule has 9 heteroatoms. The van der Waals surface area contributed by atoms with E-state index in [1.165, 1.54) is 6.08 Å². The second-order valence-electron chi connectivity index (χ2n) is 8.03. The highest BCUT2D eigenvalue weighted by molar-refractivity contribution is 6.31. The second-order valence-corrected chi connectivity index (χ2v) is 8.43. The number of hydrogen-bond donors (Lipinski definition) is 2. The van der Waals surface area contributed by atoms with Crippen LogP contribution in [0.3, 0.4) is 0 Å². The highest BCUT2D eigenvalue weighted by Crippen LogP contribution is 2.20. The summed E-state index contributed by atoms with van der Waals surface area (Å²) in [6.45, 7) is 9.00. The Labute approximate surface area is 186 Å². The number of nitrogens with zero attached hydrogens (tertiary/aromatic N) is 2. The fourth-order valence-corrected chi connectivity index (χ4v) is 2.96. The minimum absolute atomic E-state index is 0.490. The molecule has 0 aliphatic heterocycles. The summed E-state index contributed by atoms with van der Waals surface area (Å²) in [7, 11) is 0. The van der Waals surface area contributed by atoms with Gasteiger partial charge in [-0.15, -0.1) is 0 Å². The van der Waals surface area contributed by atoms with Gasteiger partial charge in [-0.3, -0.25) is 14.8 Å². The second kappa shape index (κ2) is 10.3. The number of nitrogens with one attached hydrogen (secondary N) is 2. The third-order valence-corrected chi connectivity index (χ3v) is 4.56. The van der Waals surface area contributed by atoms with Crippen molar-refractivity contribution in [2.75, 3.05) is 6.61 Å². The van der Waals surface area contributed by atoms with Crippen LogP contribution < -0.4 is 10.6 Å². The number of carbonyl (C=O) groups is 3. The molecule has 2 aromatic rings. The molecule has 0 saturated carbocycles. The minimum atomic E-state index is -0.719. The lowest BCUT2D eigenvalue weighted by atomic mass is 10.1. The number of rotatable bonds is 6. The smallest absolute Gasteiger partial charge is 0.331 e. The van der Waals surface area contributed by atoms with Crippen LogP contribution in [-0.4, -0.2) is 39.8 Å². The Bertz CT molecular complexity index is 1010. The van der Waals surface area contributed by atoms with Crippen molar-refractivity contribution in [3.05, 3.63) is 57.9 Å². The normalized spacial score (nSPS) is 11.4. The van der Waals surface area contributed by atoms with Gasteiger partial charge in [0.2, 0.25) is 0 Å². The number of ether oxygens (including phenoxy) is 1. The monoisotopic (exact) mass is 446 g/mol. The van der Waals surface area contributed by atoms with Gasteiger partial charge >= 0.3 is 12.0 Å². The number of urea groups is 1. The topological polar surface area (TPSA) is 102 Å². The summed E-state index contributed by atoms with van der Waals surface area (Å²) in [4.78, 5) is 35.3. The molecule has 0 saturated heterocycles. The van der Waals surface area contributed by atoms with Crippen LogP contribution in [0.4, 0.5) is 4.79 Å².